The van der Waals surface area contributed by atoms with E-state index in [1.807, 2.05) is 0 Å². The minimum atomic E-state index is -0.607. The van der Waals surface area contributed by atoms with Crippen molar-refractivity contribution >= 4 is 18.0 Å². The van der Waals surface area contributed by atoms with E-state index in [-0.39, 0.29) is 18.1 Å². The number of carbonyl (C=O) groups is 2. The van der Waals surface area contributed by atoms with Crippen LogP contribution in [0.4, 0.5) is 0 Å². The van der Waals surface area contributed by atoms with Crippen LogP contribution in [0.15, 0.2) is 35.6 Å². The monoisotopic (exact) mass is 304 g/mol. The van der Waals surface area contributed by atoms with E-state index in [9.17, 15) is 14.7 Å². The molecule has 1 heterocycles. The van der Waals surface area contributed by atoms with Gasteiger partial charge in [-0.1, -0.05) is 6.58 Å². The summed E-state index contributed by atoms with van der Waals surface area (Å²) in [7, 11) is 1.44. The van der Waals surface area contributed by atoms with E-state index in [4.69, 9.17) is 4.74 Å². The lowest BCUT2D eigenvalue weighted by Gasteiger charge is -2.05. The number of carbonyl (C=O) groups excluding carboxylic acids is 2. The number of methoxy groups -OCH3 is 1. The topological polar surface area (TPSA) is 112 Å². The Kier molecular flexibility index (Phi) is 4.62. The maximum atomic E-state index is 11.7. The van der Waals surface area contributed by atoms with Crippen LogP contribution < -0.4 is 21.0 Å². The number of nitrogens with one attached hydrogen (secondary N) is 3. The molecule has 8 heteroatoms. The van der Waals surface area contributed by atoms with Crippen LogP contribution in [-0.2, 0) is 9.59 Å². The van der Waals surface area contributed by atoms with Crippen molar-refractivity contribution in [1.82, 2.24) is 16.3 Å². The van der Waals surface area contributed by atoms with Gasteiger partial charge in [0.05, 0.1) is 19.2 Å². The van der Waals surface area contributed by atoms with Crippen molar-refractivity contribution in [2.24, 2.45) is 11.0 Å². The number of hydrogen-bond donors (Lipinski definition) is 4. The number of rotatable bonds is 5. The molecule has 0 aliphatic carbocycles. The molecule has 2 rings (SSSR count). The summed E-state index contributed by atoms with van der Waals surface area (Å²) in [4.78, 5) is 23.1. The minimum absolute atomic E-state index is 0.0157. The van der Waals surface area contributed by atoms with E-state index >= 15 is 0 Å². The number of nitrogens with zero attached hydrogens (tertiary/aromatic N) is 1. The fourth-order valence-corrected chi connectivity index (χ4v) is 1.87. The number of ether oxygens (including phenoxy) is 1. The van der Waals surface area contributed by atoms with Crippen LogP contribution in [-0.4, -0.2) is 30.2 Å². The summed E-state index contributed by atoms with van der Waals surface area (Å²) >= 11 is 0. The lowest BCUT2D eigenvalue weighted by atomic mass is 10.0. The summed E-state index contributed by atoms with van der Waals surface area (Å²) in [5, 5.41) is 13.3. The van der Waals surface area contributed by atoms with Gasteiger partial charge in [0.25, 0.3) is 0 Å². The van der Waals surface area contributed by atoms with Crippen LogP contribution >= 0.6 is 0 Å². The average Bonchev–Trinajstić information content (AvgIpc) is 2.81. The van der Waals surface area contributed by atoms with Gasteiger partial charge in [0.15, 0.2) is 11.5 Å². The lowest BCUT2D eigenvalue weighted by Crippen LogP contribution is -2.27. The second kappa shape index (κ2) is 6.61. The first kappa shape index (κ1) is 15.4. The van der Waals surface area contributed by atoms with E-state index in [2.05, 4.69) is 28.0 Å². The van der Waals surface area contributed by atoms with Gasteiger partial charge in [-0.15, -0.1) is 0 Å². The highest BCUT2D eigenvalue weighted by Gasteiger charge is 2.29. The molecular formula is C14H16N4O4. The zero-order chi connectivity index (χ0) is 16.1. The number of aromatic hydroxyl groups is 1. The minimum Gasteiger partial charge on any atom is -0.504 e. The van der Waals surface area contributed by atoms with Crippen molar-refractivity contribution in [3.8, 4) is 11.5 Å². The summed E-state index contributed by atoms with van der Waals surface area (Å²) in [6, 6.07) is 4.64. The molecule has 1 saturated heterocycles. The molecule has 1 atom stereocenters. The highest BCUT2D eigenvalue weighted by molar-refractivity contribution is 5.90. The summed E-state index contributed by atoms with van der Waals surface area (Å²) in [6.07, 6.45) is 1.36. The van der Waals surface area contributed by atoms with Crippen LogP contribution in [0.3, 0.4) is 0 Å². The van der Waals surface area contributed by atoms with Crippen molar-refractivity contribution in [1.29, 1.82) is 0 Å². The molecule has 2 amide bonds. The molecule has 4 N–H and O–H groups in total. The third-order valence-electron chi connectivity index (χ3n) is 3.08. The molecule has 0 radical (unpaired) electrons. The Morgan fingerprint density at radius 3 is 2.95 bits per heavy atom. The zero-order valence-electron chi connectivity index (χ0n) is 11.9. The molecule has 0 bridgehead atoms. The van der Waals surface area contributed by atoms with Crippen molar-refractivity contribution in [2.45, 2.75) is 6.42 Å². The Labute approximate surface area is 126 Å². The third-order valence-corrected chi connectivity index (χ3v) is 3.08. The van der Waals surface area contributed by atoms with Crippen LogP contribution in [0.25, 0.3) is 0 Å². The molecule has 0 saturated carbocycles. The highest BCUT2D eigenvalue weighted by atomic mass is 16.5. The standard InChI is InChI=1S/C14H16N4O4/c1-8-10(14(21)18-16-8)6-13(20)17-15-7-9-3-4-11(19)12(5-9)22-2/h3-5,7,10,16,19H,1,6H2,2H3,(H,17,20)(H,18,21). The van der Waals surface area contributed by atoms with Gasteiger partial charge in [-0.2, -0.15) is 5.10 Å². The highest BCUT2D eigenvalue weighted by Crippen LogP contribution is 2.25. The van der Waals surface area contributed by atoms with Crippen molar-refractivity contribution < 1.29 is 19.4 Å². The summed E-state index contributed by atoms with van der Waals surface area (Å²) in [5.41, 5.74) is 8.37. The smallest absolute Gasteiger partial charge is 0.247 e. The van der Waals surface area contributed by atoms with Crippen LogP contribution in [0.2, 0.25) is 0 Å². The van der Waals surface area contributed by atoms with Gasteiger partial charge in [-0.3, -0.25) is 15.0 Å². The molecular weight excluding hydrogens is 288 g/mol. The van der Waals surface area contributed by atoms with Gasteiger partial charge in [0.2, 0.25) is 11.8 Å². The van der Waals surface area contributed by atoms with Crippen LogP contribution in [0.5, 0.6) is 11.5 Å². The van der Waals surface area contributed by atoms with Gasteiger partial charge in [-0.25, -0.2) is 5.43 Å². The molecule has 116 valence electrons. The number of benzene rings is 1. The van der Waals surface area contributed by atoms with E-state index in [0.717, 1.165) is 0 Å². The quantitative estimate of drug-likeness (QED) is 0.452. The molecule has 0 aromatic heterocycles. The molecule has 8 nitrogen and oxygen atoms in total. The predicted octanol–water partition coefficient (Wildman–Crippen LogP) is 0.00530. The van der Waals surface area contributed by atoms with Crippen LogP contribution in [0, 0.1) is 5.92 Å². The Hall–Kier alpha value is -3.03. The van der Waals surface area contributed by atoms with E-state index in [0.29, 0.717) is 17.0 Å². The fourth-order valence-electron chi connectivity index (χ4n) is 1.87. The predicted molar refractivity (Wildman–Crippen MR) is 78.9 cm³/mol. The van der Waals surface area contributed by atoms with Gasteiger partial charge < -0.3 is 15.3 Å². The maximum Gasteiger partial charge on any atom is 0.247 e. The fraction of sp³-hybridized carbons (Fsp3) is 0.214. The number of phenols is 1. The lowest BCUT2D eigenvalue weighted by molar-refractivity contribution is -0.127. The molecule has 1 unspecified atom stereocenters. The Bertz CT molecular complexity index is 626. The van der Waals surface area contributed by atoms with Crippen molar-refractivity contribution in [2.75, 3.05) is 7.11 Å². The number of amides is 2. The first-order valence-electron chi connectivity index (χ1n) is 6.45. The SMILES string of the molecule is C=C1NNC(=O)C1CC(=O)NN=Cc1ccc(O)c(OC)c1. The third kappa shape index (κ3) is 3.54. The van der Waals surface area contributed by atoms with Crippen molar-refractivity contribution in [3.05, 3.63) is 36.0 Å². The maximum absolute atomic E-state index is 11.7. The summed E-state index contributed by atoms with van der Waals surface area (Å²) < 4.78 is 4.97. The summed E-state index contributed by atoms with van der Waals surface area (Å²) in [6.45, 7) is 3.64. The normalized spacial score (nSPS) is 17.2. The number of hydrazine groups is 1. The first-order valence-corrected chi connectivity index (χ1v) is 6.45. The number of hydrazone groups is 1. The van der Waals surface area contributed by atoms with Gasteiger partial charge in [0.1, 0.15) is 0 Å². The van der Waals surface area contributed by atoms with E-state index in [1.54, 1.807) is 12.1 Å². The second-order valence-corrected chi connectivity index (χ2v) is 4.62. The Balaban J connectivity index is 1.90. The van der Waals surface area contributed by atoms with E-state index in [1.165, 1.54) is 19.4 Å². The Morgan fingerprint density at radius 2 is 2.32 bits per heavy atom. The largest absolute Gasteiger partial charge is 0.504 e. The molecule has 1 fully saturated rings. The molecule has 1 aromatic carbocycles. The number of phenolic OH excluding ortho intramolecular Hbond substituents is 1. The number of hydrogen-bond acceptors (Lipinski definition) is 6. The van der Waals surface area contributed by atoms with Crippen molar-refractivity contribution in [3.63, 3.8) is 0 Å². The molecule has 1 aromatic rings. The summed E-state index contributed by atoms with van der Waals surface area (Å²) in [5.74, 6) is -0.995. The molecule has 1 aliphatic heterocycles. The van der Waals surface area contributed by atoms with Gasteiger partial charge >= 0.3 is 0 Å². The Morgan fingerprint density at radius 1 is 1.55 bits per heavy atom. The van der Waals surface area contributed by atoms with Gasteiger partial charge in [-0.05, 0) is 23.8 Å². The zero-order valence-corrected chi connectivity index (χ0v) is 11.9. The van der Waals surface area contributed by atoms with Gasteiger partial charge in [0, 0.05) is 12.1 Å². The molecule has 22 heavy (non-hydrogen) atoms. The second-order valence-electron chi connectivity index (χ2n) is 4.62. The molecule has 0 spiro atoms. The average molecular weight is 304 g/mol. The molecule has 1 aliphatic rings. The van der Waals surface area contributed by atoms with Crippen LogP contribution in [0.1, 0.15) is 12.0 Å². The first-order chi connectivity index (χ1) is 10.5. The van der Waals surface area contributed by atoms with E-state index < -0.39 is 11.8 Å².